The molecule has 0 unspecified atom stereocenters. The molecule has 124 valence electrons. The minimum Gasteiger partial charge on any atom is -0.343 e. The fourth-order valence-corrected chi connectivity index (χ4v) is 3.75. The monoisotopic (exact) mass is 314 g/mol. The summed E-state index contributed by atoms with van der Waals surface area (Å²) in [5.74, 6) is 0.991. The normalized spacial score (nSPS) is 19.7. The summed E-state index contributed by atoms with van der Waals surface area (Å²) in [6, 6.07) is 9.57. The van der Waals surface area contributed by atoms with Crippen molar-refractivity contribution >= 4 is 17.5 Å². The number of nitrogens with zero attached hydrogens (tertiary/aromatic N) is 1. The SMILES string of the molecule is O=C(Nc1ccccc1)C1CCN(C(=O)CC2CCCC2)CC1. The van der Waals surface area contributed by atoms with Crippen molar-refractivity contribution in [2.24, 2.45) is 11.8 Å². The predicted molar refractivity (Wildman–Crippen MR) is 91.0 cm³/mol. The molecule has 0 bridgehead atoms. The Bertz CT molecular complexity index is 530. The summed E-state index contributed by atoms with van der Waals surface area (Å²) in [7, 11) is 0. The molecule has 1 aliphatic heterocycles. The lowest BCUT2D eigenvalue weighted by Crippen LogP contribution is -2.41. The molecule has 1 N–H and O–H groups in total. The van der Waals surface area contributed by atoms with Gasteiger partial charge in [-0.15, -0.1) is 0 Å². The van der Waals surface area contributed by atoms with Crippen molar-refractivity contribution in [3.63, 3.8) is 0 Å². The van der Waals surface area contributed by atoms with Gasteiger partial charge in [-0.2, -0.15) is 0 Å². The first-order chi connectivity index (χ1) is 11.2. The van der Waals surface area contributed by atoms with Crippen molar-refractivity contribution in [2.75, 3.05) is 18.4 Å². The maximum atomic E-state index is 12.3. The molecule has 1 aromatic rings. The van der Waals surface area contributed by atoms with Crippen molar-refractivity contribution < 1.29 is 9.59 Å². The second-order valence-electron chi connectivity index (χ2n) is 6.86. The average Bonchev–Trinajstić information content (AvgIpc) is 3.09. The van der Waals surface area contributed by atoms with Gasteiger partial charge in [0.2, 0.25) is 11.8 Å². The molecule has 0 radical (unpaired) electrons. The number of piperidine rings is 1. The van der Waals surface area contributed by atoms with Crippen LogP contribution in [0.2, 0.25) is 0 Å². The standard InChI is InChI=1S/C19H26N2O2/c22-18(14-15-6-4-5-7-15)21-12-10-16(11-13-21)19(23)20-17-8-2-1-3-9-17/h1-3,8-9,15-16H,4-7,10-14H2,(H,20,23). The zero-order valence-corrected chi connectivity index (χ0v) is 13.7. The Labute approximate surface area is 138 Å². The molecule has 4 heteroatoms. The van der Waals surface area contributed by atoms with Crippen molar-refractivity contribution in [1.29, 1.82) is 0 Å². The summed E-state index contributed by atoms with van der Waals surface area (Å²) in [5, 5.41) is 2.97. The Morgan fingerprint density at radius 3 is 2.30 bits per heavy atom. The molecule has 0 spiro atoms. The number of hydrogen-bond acceptors (Lipinski definition) is 2. The molecule has 1 aliphatic carbocycles. The van der Waals surface area contributed by atoms with Crippen molar-refractivity contribution in [2.45, 2.75) is 44.9 Å². The zero-order valence-electron chi connectivity index (χ0n) is 13.7. The van der Waals surface area contributed by atoms with E-state index in [4.69, 9.17) is 0 Å². The van der Waals surface area contributed by atoms with Gasteiger partial charge in [0.25, 0.3) is 0 Å². The van der Waals surface area contributed by atoms with Crippen LogP contribution < -0.4 is 5.32 Å². The van der Waals surface area contributed by atoms with Gasteiger partial charge in [0.1, 0.15) is 0 Å². The van der Waals surface area contributed by atoms with E-state index >= 15 is 0 Å². The number of hydrogen-bond donors (Lipinski definition) is 1. The van der Waals surface area contributed by atoms with Crippen molar-refractivity contribution in [1.82, 2.24) is 4.90 Å². The highest BCUT2D eigenvalue weighted by Gasteiger charge is 2.28. The molecule has 4 nitrogen and oxygen atoms in total. The molecule has 2 amide bonds. The summed E-state index contributed by atoms with van der Waals surface area (Å²) < 4.78 is 0. The third-order valence-electron chi connectivity index (χ3n) is 5.20. The lowest BCUT2D eigenvalue weighted by Gasteiger charge is -2.32. The number of para-hydroxylation sites is 1. The molecule has 0 aromatic heterocycles. The van der Waals surface area contributed by atoms with Crippen LogP contribution in [0.25, 0.3) is 0 Å². The van der Waals surface area contributed by atoms with Gasteiger partial charge in [0, 0.05) is 31.1 Å². The van der Waals surface area contributed by atoms with Crippen molar-refractivity contribution in [3.05, 3.63) is 30.3 Å². The van der Waals surface area contributed by atoms with E-state index in [-0.39, 0.29) is 11.8 Å². The first-order valence-corrected chi connectivity index (χ1v) is 8.86. The second-order valence-corrected chi connectivity index (χ2v) is 6.86. The highest BCUT2D eigenvalue weighted by molar-refractivity contribution is 5.92. The topological polar surface area (TPSA) is 49.4 Å². The highest BCUT2D eigenvalue weighted by Crippen LogP contribution is 2.29. The number of anilines is 1. The molecule has 23 heavy (non-hydrogen) atoms. The van der Waals surface area contributed by atoms with Gasteiger partial charge < -0.3 is 10.2 Å². The van der Waals surface area contributed by atoms with Gasteiger partial charge in [0.05, 0.1) is 0 Å². The number of likely N-dealkylation sites (tertiary alicyclic amines) is 1. The van der Waals surface area contributed by atoms with Crippen LogP contribution in [0.3, 0.4) is 0 Å². The molecule has 1 heterocycles. The van der Waals surface area contributed by atoms with Crippen LogP contribution in [0, 0.1) is 11.8 Å². The number of carbonyl (C=O) groups excluding carboxylic acids is 2. The molecule has 1 saturated heterocycles. The van der Waals surface area contributed by atoms with E-state index in [2.05, 4.69) is 5.32 Å². The van der Waals surface area contributed by atoms with Crippen LogP contribution in [0.5, 0.6) is 0 Å². The lowest BCUT2D eigenvalue weighted by molar-refractivity contribution is -0.135. The smallest absolute Gasteiger partial charge is 0.227 e. The minimum absolute atomic E-state index is 0.0192. The van der Waals surface area contributed by atoms with E-state index in [1.54, 1.807) is 0 Å². The second kappa shape index (κ2) is 7.62. The van der Waals surface area contributed by atoms with Gasteiger partial charge in [0.15, 0.2) is 0 Å². The molecule has 0 atom stereocenters. The lowest BCUT2D eigenvalue weighted by atomic mass is 9.94. The van der Waals surface area contributed by atoms with Gasteiger partial charge in [-0.1, -0.05) is 31.0 Å². The number of amides is 2. The van der Waals surface area contributed by atoms with E-state index in [1.807, 2.05) is 35.2 Å². The molecule has 1 saturated carbocycles. The van der Waals surface area contributed by atoms with Gasteiger partial charge in [-0.25, -0.2) is 0 Å². The summed E-state index contributed by atoms with van der Waals surface area (Å²) in [4.78, 5) is 26.6. The van der Waals surface area contributed by atoms with Crippen molar-refractivity contribution in [3.8, 4) is 0 Å². The van der Waals surface area contributed by atoms with Crippen LogP contribution in [-0.4, -0.2) is 29.8 Å². The fraction of sp³-hybridized carbons (Fsp3) is 0.579. The molecular weight excluding hydrogens is 288 g/mol. The maximum absolute atomic E-state index is 12.3. The van der Waals surface area contributed by atoms with E-state index < -0.39 is 0 Å². The third kappa shape index (κ3) is 4.34. The van der Waals surface area contributed by atoms with Gasteiger partial charge >= 0.3 is 0 Å². The molecule has 3 rings (SSSR count). The first-order valence-electron chi connectivity index (χ1n) is 8.86. The van der Waals surface area contributed by atoms with Gasteiger partial charge in [-0.3, -0.25) is 9.59 Å². The van der Waals surface area contributed by atoms with E-state index in [0.29, 0.717) is 18.2 Å². The molecular formula is C19H26N2O2. The average molecular weight is 314 g/mol. The summed E-state index contributed by atoms with van der Waals surface area (Å²) >= 11 is 0. The highest BCUT2D eigenvalue weighted by atomic mass is 16.2. The summed E-state index contributed by atoms with van der Waals surface area (Å²) in [6.07, 6.45) is 7.23. The number of rotatable bonds is 4. The number of carbonyl (C=O) groups is 2. The van der Waals surface area contributed by atoms with E-state index in [1.165, 1.54) is 25.7 Å². The molecule has 1 aromatic carbocycles. The van der Waals surface area contributed by atoms with Gasteiger partial charge in [-0.05, 0) is 43.7 Å². The molecule has 2 fully saturated rings. The largest absolute Gasteiger partial charge is 0.343 e. The third-order valence-corrected chi connectivity index (χ3v) is 5.20. The Morgan fingerprint density at radius 1 is 1.00 bits per heavy atom. The maximum Gasteiger partial charge on any atom is 0.227 e. The Kier molecular flexibility index (Phi) is 5.31. The first kappa shape index (κ1) is 16.0. The van der Waals surface area contributed by atoms with Crippen LogP contribution in [0.4, 0.5) is 5.69 Å². The Hall–Kier alpha value is -1.84. The zero-order chi connectivity index (χ0) is 16.1. The predicted octanol–water partition coefficient (Wildman–Crippen LogP) is 3.44. The Balaban J connectivity index is 1.44. The Morgan fingerprint density at radius 2 is 1.65 bits per heavy atom. The van der Waals surface area contributed by atoms with Crippen LogP contribution in [0.1, 0.15) is 44.9 Å². The summed E-state index contributed by atoms with van der Waals surface area (Å²) in [5.41, 5.74) is 0.845. The molecule has 2 aliphatic rings. The minimum atomic E-state index is 0.0192. The number of nitrogens with one attached hydrogen (secondary N) is 1. The van der Waals surface area contributed by atoms with E-state index in [9.17, 15) is 9.59 Å². The van der Waals surface area contributed by atoms with E-state index in [0.717, 1.165) is 31.6 Å². The van der Waals surface area contributed by atoms with Crippen LogP contribution in [-0.2, 0) is 9.59 Å². The van der Waals surface area contributed by atoms with Crippen LogP contribution in [0.15, 0.2) is 30.3 Å². The quantitative estimate of drug-likeness (QED) is 0.925. The number of benzene rings is 1. The summed E-state index contributed by atoms with van der Waals surface area (Å²) in [6.45, 7) is 1.44. The van der Waals surface area contributed by atoms with Crippen LogP contribution >= 0.6 is 0 Å². The fourth-order valence-electron chi connectivity index (χ4n) is 3.75.